The van der Waals surface area contributed by atoms with Gasteiger partial charge in [-0.25, -0.2) is 4.18 Å². The van der Waals surface area contributed by atoms with Gasteiger partial charge in [-0.1, -0.05) is 0 Å². The van der Waals surface area contributed by atoms with Crippen molar-refractivity contribution in [1.29, 1.82) is 0 Å². The maximum absolute atomic E-state index is 11.8. The quantitative estimate of drug-likeness (QED) is 0.0862. The Bertz CT molecular complexity index is 908. The molecule has 0 aromatic carbocycles. The minimum Gasteiger partial charge on any atom is -0.394 e. The lowest BCUT2D eigenvalue weighted by Crippen LogP contribution is -2.65. The third-order valence-electron chi connectivity index (χ3n) is 6.31. The van der Waals surface area contributed by atoms with Crippen LogP contribution in [0.3, 0.4) is 0 Å². The summed E-state index contributed by atoms with van der Waals surface area (Å²) in [7, 11) is -5.14. The SMILES string of the molecule is CC(=O)N[C@@H](CO)[C@@H](O[C@@H]1O[C@@H](C)[C@@H](O)[C@@H](O)[C@@H]1O)[C@H](O[C@@H]1O[C@H](CO)[C@H](O)[C@H](O)[C@H]1O)[C@H](O)COS(=O)(=O)O. The number of hydrogen-bond donors (Lipinski definition) is 11. The number of carbonyl (C=O) groups is 1. The van der Waals surface area contributed by atoms with E-state index in [1.165, 1.54) is 6.92 Å². The van der Waals surface area contributed by atoms with Crippen LogP contribution in [-0.4, -0.2) is 170 Å². The molecule has 2 aliphatic heterocycles. The van der Waals surface area contributed by atoms with E-state index in [2.05, 4.69) is 9.50 Å². The Morgan fingerprint density at radius 1 is 0.875 bits per heavy atom. The zero-order valence-electron chi connectivity index (χ0n) is 21.4. The van der Waals surface area contributed by atoms with Crippen molar-refractivity contribution in [3.8, 4) is 0 Å². The number of ether oxygens (including phenoxy) is 4. The highest BCUT2D eigenvalue weighted by atomic mass is 32.3. The van der Waals surface area contributed by atoms with Gasteiger partial charge >= 0.3 is 10.4 Å². The lowest BCUT2D eigenvalue weighted by Gasteiger charge is -2.45. The Balaban J connectivity index is 2.51. The van der Waals surface area contributed by atoms with E-state index in [4.69, 9.17) is 23.5 Å². The van der Waals surface area contributed by atoms with Crippen molar-refractivity contribution in [2.45, 2.75) is 99.6 Å². The Morgan fingerprint density at radius 2 is 1.40 bits per heavy atom. The van der Waals surface area contributed by atoms with Crippen molar-refractivity contribution < 1.29 is 86.9 Å². The second-order valence-corrected chi connectivity index (χ2v) is 10.4. The van der Waals surface area contributed by atoms with Crippen molar-refractivity contribution in [2.24, 2.45) is 0 Å². The van der Waals surface area contributed by atoms with E-state index in [1.807, 2.05) is 0 Å². The van der Waals surface area contributed by atoms with Crippen molar-refractivity contribution in [2.75, 3.05) is 19.8 Å². The van der Waals surface area contributed by atoms with E-state index in [1.54, 1.807) is 0 Å². The van der Waals surface area contributed by atoms with Gasteiger partial charge in [0.2, 0.25) is 5.91 Å². The van der Waals surface area contributed by atoms with Gasteiger partial charge in [0.25, 0.3) is 0 Å². The zero-order chi connectivity index (χ0) is 30.5. The summed E-state index contributed by atoms with van der Waals surface area (Å²) in [6.45, 7) is -0.771. The summed E-state index contributed by atoms with van der Waals surface area (Å²) >= 11 is 0. The molecule has 2 saturated heterocycles. The fraction of sp³-hybridized carbons (Fsp3) is 0.950. The maximum atomic E-state index is 11.8. The van der Waals surface area contributed by atoms with Gasteiger partial charge in [0.1, 0.15) is 61.0 Å². The molecular formula is C20H37NO18S. The molecule has 2 rings (SSSR count). The highest BCUT2D eigenvalue weighted by Crippen LogP contribution is 2.29. The highest BCUT2D eigenvalue weighted by Gasteiger charge is 2.50. The first kappa shape index (κ1) is 35.0. The monoisotopic (exact) mass is 611 g/mol. The lowest BCUT2D eigenvalue weighted by atomic mass is 9.97. The predicted octanol–water partition coefficient (Wildman–Crippen LogP) is -6.94. The van der Waals surface area contributed by atoms with Gasteiger partial charge in [0.05, 0.1) is 32.0 Å². The standard InChI is InChI=1S/C20H37NO18S/c1-6-11(26)13(28)15(30)19(36-6)38-17(8(3-22)21-7(2)24)18(9(25)5-35-40(32,33)34)39-20-16(31)14(29)12(27)10(4-23)37-20/h6,8-20,22-23,25-31H,3-5H2,1-2H3,(H,21,24)(H,32,33,34)/t6-,8-,9+,10+,11+,12-,13+,14-,15-,16+,17+,18+,19-,20-/m0/s1. The van der Waals surface area contributed by atoms with Crippen LogP contribution in [0.5, 0.6) is 0 Å². The first-order chi connectivity index (χ1) is 18.5. The molecular weight excluding hydrogens is 574 g/mol. The maximum Gasteiger partial charge on any atom is 0.397 e. The normalized spacial score (nSPS) is 38.3. The minimum atomic E-state index is -5.14. The molecule has 0 saturated carbocycles. The molecule has 2 fully saturated rings. The molecule has 2 aliphatic rings. The number of aliphatic hydroxyl groups is 9. The summed E-state index contributed by atoms with van der Waals surface area (Å²) < 4.78 is 57.2. The first-order valence-electron chi connectivity index (χ1n) is 12.0. The van der Waals surface area contributed by atoms with Crippen LogP contribution in [0.1, 0.15) is 13.8 Å². The first-order valence-corrected chi connectivity index (χ1v) is 13.4. The lowest BCUT2D eigenvalue weighted by molar-refractivity contribution is -0.347. The van der Waals surface area contributed by atoms with Gasteiger partial charge in [-0.15, -0.1) is 0 Å². The molecule has 0 spiro atoms. The molecule has 20 heteroatoms. The molecule has 2 heterocycles. The molecule has 0 bridgehead atoms. The zero-order valence-corrected chi connectivity index (χ0v) is 22.2. The average molecular weight is 612 g/mol. The molecule has 11 N–H and O–H groups in total. The number of nitrogens with one attached hydrogen (secondary N) is 1. The van der Waals surface area contributed by atoms with Gasteiger partial charge in [-0.05, 0) is 6.92 Å². The summed E-state index contributed by atoms with van der Waals surface area (Å²) in [5, 5.41) is 93.7. The molecule has 40 heavy (non-hydrogen) atoms. The Hall–Kier alpha value is -1.18. The molecule has 0 aromatic heterocycles. The topological polar surface area (TPSA) is 312 Å². The van der Waals surface area contributed by atoms with E-state index in [0.29, 0.717) is 0 Å². The van der Waals surface area contributed by atoms with Crippen molar-refractivity contribution >= 4 is 16.3 Å². The van der Waals surface area contributed by atoms with Crippen LogP contribution in [0, 0.1) is 0 Å². The van der Waals surface area contributed by atoms with E-state index in [0.717, 1.165) is 6.92 Å². The van der Waals surface area contributed by atoms with E-state index >= 15 is 0 Å². The van der Waals surface area contributed by atoms with Crippen molar-refractivity contribution in [1.82, 2.24) is 5.32 Å². The predicted molar refractivity (Wildman–Crippen MR) is 124 cm³/mol. The number of rotatable bonds is 13. The van der Waals surface area contributed by atoms with Crippen molar-refractivity contribution in [3.05, 3.63) is 0 Å². The molecule has 0 unspecified atom stereocenters. The number of hydrogen-bond acceptors (Lipinski definition) is 17. The van der Waals surface area contributed by atoms with Gasteiger partial charge in [-0.3, -0.25) is 9.35 Å². The van der Waals surface area contributed by atoms with Crippen LogP contribution in [0.2, 0.25) is 0 Å². The number of amides is 1. The molecule has 0 aliphatic carbocycles. The second kappa shape index (κ2) is 14.8. The van der Waals surface area contributed by atoms with E-state index in [-0.39, 0.29) is 0 Å². The van der Waals surface area contributed by atoms with Crippen LogP contribution >= 0.6 is 0 Å². The Kier molecular flexibility index (Phi) is 13.0. The second-order valence-electron chi connectivity index (χ2n) is 9.35. The Morgan fingerprint density at radius 3 is 1.90 bits per heavy atom. The van der Waals surface area contributed by atoms with Crippen LogP contribution < -0.4 is 5.32 Å². The van der Waals surface area contributed by atoms with Crippen LogP contribution in [-0.2, 0) is 38.3 Å². The van der Waals surface area contributed by atoms with Crippen LogP contribution in [0.25, 0.3) is 0 Å². The summed E-state index contributed by atoms with van der Waals surface area (Å²) in [6, 6.07) is -1.57. The summed E-state index contributed by atoms with van der Waals surface area (Å²) in [5.74, 6) is -0.767. The molecule has 1 amide bonds. The van der Waals surface area contributed by atoms with Gasteiger partial charge < -0.3 is 70.2 Å². The minimum absolute atomic E-state index is 0.767. The fourth-order valence-corrected chi connectivity index (χ4v) is 4.46. The molecule has 236 valence electrons. The third kappa shape index (κ3) is 8.91. The average Bonchev–Trinajstić information content (AvgIpc) is 2.88. The van der Waals surface area contributed by atoms with Crippen molar-refractivity contribution in [3.63, 3.8) is 0 Å². The largest absolute Gasteiger partial charge is 0.397 e. The third-order valence-corrected chi connectivity index (χ3v) is 6.75. The van der Waals surface area contributed by atoms with Gasteiger partial charge in [0, 0.05) is 6.92 Å². The van der Waals surface area contributed by atoms with Gasteiger partial charge in [0.15, 0.2) is 12.6 Å². The molecule has 19 nitrogen and oxygen atoms in total. The smallest absolute Gasteiger partial charge is 0.394 e. The highest BCUT2D eigenvalue weighted by molar-refractivity contribution is 7.80. The molecule has 0 radical (unpaired) electrons. The summed E-state index contributed by atoms with van der Waals surface area (Å²) in [6.07, 6.45) is -23.8. The number of aliphatic hydroxyl groups excluding tert-OH is 9. The Labute approximate surface area is 228 Å². The van der Waals surface area contributed by atoms with E-state index < -0.39 is 122 Å². The number of carbonyl (C=O) groups excluding carboxylic acids is 1. The van der Waals surface area contributed by atoms with Gasteiger partial charge in [-0.2, -0.15) is 8.42 Å². The molecule has 14 atom stereocenters. The van der Waals surface area contributed by atoms with Crippen LogP contribution in [0.15, 0.2) is 0 Å². The summed E-state index contributed by atoms with van der Waals surface area (Å²) in [5.41, 5.74) is 0. The fourth-order valence-electron chi connectivity index (χ4n) is 4.15. The van der Waals surface area contributed by atoms with E-state index in [9.17, 15) is 59.2 Å². The summed E-state index contributed by atoms with van der Waals surface area (Å²) in [4.78, 5) is 11.8. The van der Waals surface area contributed by atoms with Crippen LogP contribution in [0.4, 0.5) is 0 Å². The molecule has 0 aromatic rings.